The van der Waals surface area contributed by atoms with Gasteiger partial charge in [-0.2, -0.15) is 0 Å². The second-order valence-electron chi connectivity index (χ2n) is 18.8. The number of fused-ring (bicyclic) bond motifs is 14. The maximum atomic E-state index is 2.51. The first kappa shape index (κ1) is 35.5. The molecular weight excluding hydrogens is 745 g/mol. The summed E-state index contributed by atoms with van der Waals surface area (Å²) in [6.07, 6.45) is 0. The number of hydrogen-bond donors (Lipinski definition) is 0. The predicted molar refractivity (Wildman–Crippen MR) is 265 cm³/mol. The molecule has 0 fully saturated rings. The Morgan fingerprint density at radius 1 is 0.226 bits per heavy atom. The summed E-state index contributed by atoms with van der Waals surface area (Å²) in [6, 6.07) is 73.8. The minimum Gasteiger partial charge on any atom is -0.0619 e. The highest BCUT2D eigenvalue weighted by Gasteiger charge is 2.37. The van der Waals surface area contributed by atoms with Crippen LogP contribution in [0.1, 0.15) is 49.9 Å². The first-order valence-electron chi connectivity index (χ1n) is 22.1. The Kier molecular flexibility index (Phi) is 7.23. The van der Waals surface area contributed by atoms with Gasteiger partial charge in [0.05, 0.1) is 0 Å². The summed E-state index contributed by atoms with van der Waals surface area (Å²) in [5, 5.41) is 12.8. The van der Waals surface area contributed by atoms with Gasteiger partial charge < -0.3 is 0 Å². The van der Waals surface area contributed by atoms with Gasteiger partial charge in [-0.3, -0.25) is 0 Å². The molecule has 0 bridgehead atoms. The maximum Gasteiger partial charge on any atom is 0.0159 e. The van der Waals surface area contributed by atoms with E-state index in [4.69, 9.17) is 0 Å². The normalized spacial score (nSPS) is 14.4. The van der Waals surface area contributed by atoms with Crippen LogP contribution in [0, 0.1) is 0 Å². The third-order valence-corrected chi connectivity index (χ3v) is 14.8. The smallest absolute Gasteiger partial charge is 0.0159 e. The quantitative estimate of drug-likeness (QED) is 0.156. The van der Waals surface area contributed by atoms with Gasteiger partial charge in [0, 0.05) is 10.8 Å². The van der Waals surface area contributed by atoms with E-state index in [-0.39, 0.29) is 10.8 Å². The second kappa shape index (κ2) is 12.6. The SMILES string of the molecule is CC1(C)c2ccccc2-c2ccc(-c3cc4c5ccc(-c6cc7ccccc7c7ccccc67)cc5c(-c5ccc6c(c5)C(C)(C)c5ccccc5-6)cc4c4ccccc34)cc21. The molecule has 0 unspecified atom stereocenters. The fourth-order valence-corrected chi connectivity index (χ4v) is 11.7. The molecule has 0 spiro atoms. The van der Waals surface area contributed by atoms with Crippen molar-refractivity contribution < 1.29 is 0 Å². The van der Waals surface area contributed by atoms with Crippen molar-refractivity contribution in [1.82, 2.24) is 0 Å². The minimum absolute atomic E-state index is 0.0781. The van der Waals surface area contributed by atoms with Crippen molar-refractivity contribution in [3.05, 3.63) is 216 Å². The van der Waals surface area contributed by atoms with Crippen molar-refractivity contribution in [3.63, 3.8) is 0 Å². The standard InChI is InChI=1S/C62H44/c1-61(2)57-23-13-11-21-47(57)49-29-26-39(33-59(49)61)52-35-56-46-28-25-38(51-31-37-15-5-6-16-41(37)42-17-7-8-18-43(42)51)32-54(46)53(36-55(56)45-20-10-9-19-44(45)52)40-27-30-50-48-22-12-14-24-58(48)62(3,4)60(50)34-40/h5-36H,1-4H3. The molecule has 2 aliphatic rings. The van der Waals surface area contributed by atoms with Crippen molar-refractivity contribution >= 4 is 53.9 Å². The Morgan fingerprint density at radius 2 is 0.613 bits per heavy atom. The Hall–Kier alpha value is -7.28. The molecule has 0 aromatic heterocycles. The molecule has 0 amide bonds. The molecule has 0 saturated heterocycles. The van der Waals surface area contributed by atoms with Gasteiger partial charge in [-0.1, -0.05) is 185 Å². The lowest BCUT2D eigenvalue weighted by atomic mass is 9.80. The summed E-state index contributed by atoms with van der Waals surface area (Å²) in [5.41, 5.74) is 18.4. The van der Waals surface area contributed by atoms with E-state index < -0.39 is 0 Å². The minimum atomic E-state index is -0.100. The lowest BCUT2D eigenvalue weighted by molar-refractivity contribution is 0.660. The topological polar surface area (TPSA) is 0 Å². The Bertz CT molecular complexity index is 3740. The van der Waals surface area contributed by atoms with Crippen LogP contribution in [0.15, 0.2) is 194 Å². The fraction of sp³-hybridized carbons (Fsp3) is 0.0968. The van der Waals surface area contributed by atoms with Crippen LogP contribution in [0.3, 0.4) is 0 Å². The zero-order valence-electron chi connectivity index (χ0n) is 35.5. The zero-order valence-corrected chi connectivity index (χ0v) is 35.5. The van der Waals surface area contributed by atoms with E-state index >= 15 is 0 Å². The van der Waals surface area contributed by atoms with Crippen molar-refractivity contribution in [3.8, 4) is 55.6 Å². The van der Waals surface area contributed by atoms with E-state index in [0.717, 1.165) is 0 Å². The largest absolute Gasteiger partial charge is 0.0619 e. The molecule has 0 N–H and O–H groups in total. The summed E-state index contributed by atoms with van der Waals surface area (Å²) in [6.45, 7) is 9.53. The average molecular weight is 789 g/mol. The second-order valence-corrected chi connectivity index (χ2v) is 18.8. The van der Waals surface area contributed by atoms with Crippen LogP contribution in [-0.2, 0) is 10.8 Å². The highest BCUT2D eigenvalue weighted by molar-refractivity contribution is 6.25. The molecule has 292 valence electrons. The highest BCUT2D eigenvalue weighted by Crippen LogP contribution is 2.53. The Morgan fingerprint density at radius 3 is 1.19 bits per heavy atom. The van der Waals surface area contributed by atoms with Crippen LogP contribution in [0.5, 0.6) is 0 Å². The molecule has 0 heteroatoms. The van der Waals surface area contributed by atoms with Gasteiger partial charge in [-0.25, -0.2) is 0 Å². The molecule has 0 aliphatic heterocycles. The van der Waals surface area contributed by atoms with E-state index in [2.05, 4.69) is 222 Å². The molecule has 11 aromatic carbocycles. The molecule has 0 heterocycles. The number of rotatable bonds is 3. The lowest BCUT2D eigenvalue weighted by Crippen LogP contribution is -2.14. The third kappa shape index (κ3) is 4.84. The first-order chi connectivity index (χ1) is 30.3. The fourth-order valence-electron chi connectivity index (χ4n) is 11.7. The van der Waals surface area contributed by atoms with Crippen molar-refractivity contribution in [2.75, 3.05) is 0 Å². The highest BCUT2D eigenvalue weighted by atomic mass is 14.4. The van der Waals surface area contributed by atoms with Crippen LogP contribution < -0.4 is 0 Å². The number of hydrogen-bond acceptors (Lipinski definition) is 0. The Balaban J connectivity index is 1.10. The Labute approximate surface area is 362 Å². The monoisotopic (exact) mass is 788 g/mol. The molecular formula is C62H44. The van der Waals surface area contributed by atoms with Crippen LogP contribution in [-0.4, -0.2) is 0 Å². The molecule has 11 aromatic rings. The molecule has 0 saturated carbocycles. The molecule has 62 heavy (non-hydrogen) atoms. The predicted octanol–water partition coefficient (Wildman–Crippen LogP) is 17.1. The summed E-state index contributed by atoms with van der Waals surface area (Å²) in [7, 11) is 0. The summed E-state index contributed by atoms with van der Waals surface area (Å²) in [5.74, 6) is 0. The van der Waals surface area contributed by atoms with E-state index in [1.807, 2.05) is 0 Å². The molecule has 13 rings (SSSR count). The molecule has 0 radical (unpaired) electrons. The third-order valence-electron chi connectivity index (χ3n) is 14.8. The van der Waals surface area contributed by atoms with Crippen molar-refractivity contribution in [2.45, 2.75) is 38.5 Å². The summed E-state index contributed by atoms with van der Waals surface area (Å²) < 4.78 is 0. The van der Waals surface area contributed by atoms with Gasteiger partial charge in [0.2, 0.25) is 0 Å². The van der Waals surface area contributed by atoms with Gasteiger partial charge >= 0.3 is 0 Å². The molecule has 0 atom stereocenters. The van der Waals surface area contributed by atoms with Crippen LogP contribution >= 0.6 is 0 Å². The lowest BCUT2D eigenvalue weighted by Gasteiger charge is -2.23. The van der Waals surface area contributed by atoms with Gasteiger partial charge in [0.15, 0.2) is 0 Å². The first-order valence-corrected chi connectivity index (χ1v) is 22.1. The van der Waals surface area contributed by atoms with Crippen molar-refractivity contribution in [1.29, 1.82) is 0 Å². The number of benzene rings is 11. The zero-order chi connectivity index (χ0) is 41.5. The summed E-state index contributed by atoms with van der Waals surface area (Å²) >= 11 is 0. The van der Waals surface area contributed by atoms with Gasteiger partial charge in [-0.05, 0) is 168 Å². The van der Waals surface area contributed by atoms with E-state index in [9.17, 15) is 0 Å². The van der Waals surface area contributed by atoms with Crippen LogP contribution in [0.25, 0.3) is 109 Å². The maximum absolute atomic E-state index is 2.51. The molecule has 0 nitrogen and oxygen atoms in total. The van der Waals surface area contributed by atoms with E-state index in [0.29, 0.717) is 0 Å². The van der Waals surface area contributed by atoms with Gasteiger partial charge in [0.1, 0.15) is 0 Å². The molecule has 2 aliphatic carbocycles. The van der Waals surface area contributed by atoms with E-state index in [1.165, 1.54) is 132 Å². The van der Waals surface area contributed by atoms with Gasteiger partial charge in [-0.15, -0.1) is 0 Å². The summed E-state index contributed by atoms with van der Waals surface area (Å²) in [4.78, 5) is 0. The van der Waals surface area contributed by atoms with Crippen LogP contribution in [0.4, 0.5) is 0 Å². The van der Waals surface area contributed by atoms with Crippen molar-refractivity contribution in [2.24, 2.45) is 0 Å². The average Bonchev–Trinajstić information content (AvgIpc) is 3.69. The van der Waals surface area contributed by atoms with Gasteiger partial charge in [0.25, 0.3) is 0 Å². The van der Waals surface area contributed by atoms with Crippen LogP contribution in [0.2, 0.25) is 0 Å². The van der Waals surface area contributed by atoms with E-state index in [1.54, 1.807) is 0 Å².